The van der Waals surface area contributed by atoms with Gasteiger partial charge in [0.1, 0.15) is 5.82 Å². The Balaban J connectivity index is 1.85. The molecule has 1 aliphatic rings. The highest BCUT2D eigenvalue weighted by Gasteiger charge is 2.30. The first-order valence-corrected chi connectivity index (χ1v) is 10.5. The molecule has 0 aromatic heterocycles. The highest BCUT2D eigenvalue weighted by atomic mass is 32.2. The molecule has 1 aliphatic heterocycles. The summed E-state index contributed by atoms with van der Waals surface area (Å²) in [6.45, 7) is 2.18. The van der Waals surface area contributed by atoms with Crippen LogP contribution in [-0.4, -0.2) is 55.8 Å². The second-order valence-corrected chi connectivity index (χ2v) is 8.47. The number of rotatable bonds is 7. The molecule has 2 aromatic rings. The lowest BCUT2D eigenvalue weighted by molar-refractivity contribution is -0.386. The summed E-state index contributed by atoms with van der Waals surface area (Å²) in [6.07, 6.45) is -1.11. The summed E-state index contributed by atoms with van der Waals surface area (Å²) < 4.78 is 50.3. The van der Waals surface area contributed by atoms with E-state index in [2.05, 4.69) is 0 Å². The van der Waals surface area contributed by atoms with Crippen LogP contribution in [0.25, 0.3) is 0 Å². The smallest absolute Gasteiger partial charge is 0.312 e. The van der Waals surface area contributed by atoms with E-state index < -0.39 is 38.3 Å². The number of Topliss-reactive ketones (excluding diaryl/α,β-unsaturated/α-hetero) is 1. The molecule has 1 fully saturated rings. The second-order valence-electron chi connectivity index (χ2n) is 6.53. The van der Waals surface area contributed by atoms with Crippen molar-refractivity contribution in [1.82, 2.24) is 4.31 Å². The van der Waals surface area contributed by atoms with E-state index in [0.717, 1.165) is 24.3 Å². The van der Waals surface area contributed by atoms with Crippen molar-refractivity contribution >= 4 is 21.5 Å². The van der Waals surface area contributed by atoms with Gasteiger partial charge in [0.25, 0.3) is 0 Å². The van der Waals surface area contributed by atoms with Crippen LogP contribution in [0.15, 0.2) is 47.4 Å². The third-order valence-corrected chi connectivity index (χ3v) is 6.43. The first-order valence-electron chi connectivity index (χ1n) is 9.03. The Morgan fingerprint density at radius 1 is 1.20 bits per heavy atom. The van der Waals surface area contributed by atoms with Crippen LogP contribution in [0.2, 0.25) is 0 Å². The zero-order valence-corrected chi connectivity index (χ0v) is 16.8. The van der Waals surface area contributed by atoms with E-state index >= 15 is 0 Å². The number of sulfonamides is 1. The fourth-order valence-electron chi connectivity index (χ4n) is 2.93. The maximum absolute atomic E-state index is 13.0. The zero-order chi connectivity index (χ0) is 21.9. The summed E-state index contributed by atoms with van der Waals surface area (Å²) in [5.74, 6) is -1.26. The molecule has 11 heteroatoms. The molecule has 1 heterocycles. The number of ether oxygens (including phenoxy) is 2. The Kier molecular flexibility index (Phi) is 6.44. The van der Waals surface area contributed by atoms with Gasteiger partial charge >= 0.3 is 5.69 Å². The summed E-state index contributed by atoms with van der Waals surface area (Å²) >= 11 is 0. The van der Waals surface area contributed by atoms with Crippen molar-refractivity contribution in [3.63, 3.8) is 0 Å². The zero-order valence-electron chi connectivity index (χ0n) is 16.0. The average molecular weight is 438 g/mol. The predicted octanol–water partition coefficient (Wildman–Crippen LogP) is 2.41. The molecular formula is C19H19FN2O7S. The fraction of sp³-hybridized carbons (Fsp3) is 0.316. The first kappa shape index (κ1) is 21.8. The summed E-state index contributed by atoms with van der Waals surface area (Å²) in [7, 11) is -3.94. The lowest BCUT2D eigenvalue weighted by atomic mass is 10.1. The molecule has 0 saturated carbocycles. The van der Waals surface area contributed by atoms with E-state index in [1.165, 1.54) is 29.4 Å². The number of morpholine rings is 1. The van der Waals surface area contributed by atoms with E-state index in [-0.39, 0.29) is 42.5 Å². The van der Waals surface area contributed by atoms with Gasteiger partial charge in [0.05, 0.1) is 23.0 Å². The van der Waals surface area contributed by atoms with Crippen LogP contribution in [0.5, 0.6) is 5.75 Å². The summed E-state index contributed by atoms with van der Waals surface area (Å²) in [4.78, 5) is 22.9. The van der Waals surface area contributed by atoms with Crippen molar-refractivity contribution in [1.29, 1.82) is 0 Å². The predicted molar refractivity (Wildman–Crippen MR) is 103 cm³/mol. The largest absolute Gasteiger partial charge is 0.475 e. The Labute approximate surface area is 172 Å². The monoisotopic (exact) mass is 438 g/mol. The van der Waals surface area contributed by atoms with Crippen LogP contribution in [0, 0.1) is 15.9 Å². The number of nitrogens with zero attached hydrogens (tertiary/aromatic N) is 2. The van der Waals surface area contributed by atoms with Gasteiger partial charge in [-0.25, -0.2) is 12.8 Å². The number of carbonyl (C=O) groups is 1. The topological polar surface area (TPSA) is 116 Å². The van der Waals surface area contributed by atoms with Gasteiger partial charge < -0.3 is 9.47 Å². The molecule has 0 radical (unpaired) electrons. The van der Waals surface area contributed by atoms with E-state index in [0.29, 0.717) is 0 Å². The third-order valence-electron chi connectivity index (χ3n) is 4.54. The third kappa shape index (κ3) is 4.64. The molecule has 0 aliphatic carbocycles. The Morgan fingerprint density at radius 3 is 2.43 bits per heavy atom. The van der Waals surface area contributed by atoms with Crippen molar-refractivity contribution in [3.05, 3.63) is 64.0 Å². The summed E-state index contributed by atoms with van der Waals surface area (Å²) in [5, 5.41) is 11.5. The van der Waals surface area contributed by atoms with Gasteiger partial charge in [0, 0.05) is 24.7 Å². The Morgan fingerprint density at radius 2 is 1.83 bits per heavy atom. The van der Waals surface area contributed by atoms with Crippen LogP contribution in [0.1, 0.15) is 17.3 Å². The van der Waals surface area contributed by atoms with Crippen molar-refractivity contribution in [3.8, 4) is 5.75 Å². The van der Waals surface area contributed by atoms with Crippen LogP contribution < -0.4 is 4.74 Å². The van der Waals surface area contributed by atoms with Crippen molar-refractivity contribution < 1.29 is 32.0 Å². The van der Waals surface area contributed by atoms with E-state index in [4.69, 9.17) is 9.47 Å². The average Bonchev–Trinajstić information content (AvgIpc) is 2.74. The number of nitro benzene ring substituents is 1. The summed E-state index contributed by atoms with van der Waals surface area (Å²) in [5.41, 5.74) is -0.402. The van der Waals surface area contributed by atoms with Crippen LogP contribution in [0.4, 0.5) is 10.1 Å². The molecule has 30 heavy (non-hydrogen) atoms. The highest BCUT2D eigenvalue weighted by Crippen LogP contribution is 2.32. The quantitative estimate of drug-likeness (QED) is 0.370. The van der Waals surface area contributed by atoms with Gasteiger partial charge in [0.15, 0.2) is 11.9 Å². The SMILES string of the molecule is CC(Oc1ccc(S(=O)(=O)N2CCOCC2)cc1[N+](=O)[O-])C(=O)c1ccc(F)cc1. The number of nitro groups is 1. The first-order chi connectivity index (χ1) is 14.2. The molecule has 0 bridgehead atoms. The number of hydrogen-bond acceptors (Lipinski definition) is 7. The van der Waals surface area contributed by atoms with Crippen LogP contribution >= 0.6 is 0 Å². The molecule has 9 nitrogen and oxygen atoms in total. The van der Waals surface area contributed by atoms with Crippen molar-refractivity contribution in [2.45, 2.75) is 17.9 Å². The minimum absolute atomic E-state index is 0.150. The van der Waals surface area contributed by atoms with Gasteiger partial charge in [-0.2, -0.15) is 4.31 Å². The number of ketones is 1. The molecule has 1 saturated heterocycles. The molecule has 160 valence electrons. The number of halogens is 1. The summed E-state index contributed by atoms with van der Waals surface area (Å²) in [6, 6.07) is 8.06. The van der Waals surface area contributed by atoms with Gasteiger partial charge in [0.2, 0.25) is 15.8 Å². The number of benzene rings is 2. The Hall–Kier alpha value is -2.89. The normalized spacial score (nSPS) is 16.1. The molecule has 3 rings (SSSR count). The van der Waals surface area contributed by atoms with Crippen molar-refractivity contribution in [2.75, 3.05) is 26.3 Å². The molecule has 0 amide bonds. The van der Waals surface area contributed by atoms with Crippen LogP contribution in [0.3, 0.4) is 0 Å². The molecule has 0 spiro atoms. The number of hydrogen-bond donors (Lipinski definition) is 0. The van der Waals surface area contributed by atoms with Gasteiger partial charge in [-0.15, -0.1) is 0 Å². The lowest BCUT2D eigenvalue weighted by Crippen LogP contribution is -2.40. The van der Waals surface area contributed by atoms with E-state index in [9.17, 15) is 27.7 Å². The van der Waals surface area contributed by atoms with E-state index in [1.807, 2.05) is 0 Å². The highest BCUT2D eigenvalue weighted by molar-refractivity contribution is 7.89. The molecule has 2 aromatic carbocycles. The lowest BCUT2D eigenvalue weighted by Gasteiger charge is -2.26. The molecule has 1 atom stereocenters. The maximum Gasteiger partial charge on any atom is 0.312 e. The minimum atomic E-state index is -3.94. The molecular weight excluding hydrogens is 419 g/mol. The Bertz CT molecular complexity index is 1050. The van der Waals surface area contributed by atoms with Crippen molar-refractivity contribution in [2.24, 2.45) is 0 Å². The number of carbonyl (C=O) groups excluding carboxylic acids is 1. The van der Waals surface area contributed by atoms with Gasteiger partial charge in [-0.1, -0.05) is 0 Å². The molecule has 0 N–H and O–H groups in total. The van der Waals surface area contributed by atoms with Gasteiger partial charge in [-0.3, -0.25) is 14.9 Å². The van der Waals surface area contributed by atoms with Gasteiger partial charge in [-0.05, 0) is 43.3 Å². The van der Waals surface area contributed by atoms with Crippen LogP contribution in [-0.2, 0) is 14.8 Å². The van der Waals surface area contributed by atoms with E-state index in [1.54, 1.807) is 0 Å². The minimum Gasteiger partial charge on any atom is -0.475 e. The molecule has 1 unspecified atom stereocenters. The fourth-order valence-corrected chi connectivity index (χ4v) is 4.36. The second kappa shape index (κ2) is 8.86. The maximum atomic E-state index is 13.0. The standard InChI is InChI=1S/C19H19FN2O7S/c1-13(19(23)14-2-4-15(20)5-3-14)29-18-7-6-16(12-17(18)22(24)25)30(26,27)21-8-10-28-11-9-21/h2-7,12-13H,8-11H2,1H3.